The van der Waals surface area contributed by atoms with E-state index in [1.54, 1.807) is 23.6 Å². The molecule has 0 saturated carbocycles. The van der Waals surface area contributed by atoms with Gasteiger partial charge in [-0.2, -0.15) is 5.26 Å². The molecule has 154 valence electrons. The Balaban J connectivity index is 1.62. The van der Waals surface area contributed by atoms with Crippen LogP contribution < -0.4 is 5.32 Å². The monoisotopic (exact) mass is 465 g/mol. The average Bonchev–Trinajstić information content (AvgIpc) is 3.39. The highest BCUT2D eigenvalue weighted by Crippen LogP contribution is 2.29. The Bertz CT molecular complexity index is 1270. The number of hydrogen-bond donors (Lipinski definition) is 1. The molecule has 1 amide bonds. The molecular weight excluding hydrogens is 450 g/mol. The molecule has 2 aromatic heterocycles. The summed E-state index contributed by atoms with van der Waals surface area (Å²) in [4.78, 5) is 12.5. The summed E-state index contributed by atoms with van der Waals surface area (Å²) in [6.07, 6.45) is 0. The number of carbonyl (C=O) groups excluding carboxylic acids is 1. The Hall–Kier alpha value is -3.12. The molecule has 9 heteroatoms. The Labute approximate surface area is 192 Å². The fourth-order valence-electron chi connectivity index (χ4n) is 2.94. The van der Waals surface area contributed by atoms with Crippen molar-refractivity contribution in [1.82, 2.24) is 14.8 Å². The minimum atomic E-state index is -0.216. The second-order valence-corrected chi connectivity index (χ2v) is 8.89. The molecule has 0 saturated heterocycles. The maximum Gasteiger partial charge on any atom is 0.235 e. The van der Waals surface area contributed by atoms with Gasteiger partial charge in [0.15, 0.2) is 11.0 Å². The standard InChI is InChI=1S/C22H16ClN5OS2/c1-14-3-2-4-15(11-14)20-26-27-22(28(20)18-7-5-17(23)6-8-18)31-13-19(29)25-21-16(12-24)9-10-30-21/h2-11H,13H2,1H3,(H,25,29). The summed E-state index contributed by atoms with van der Waals surface area (Å²) >= 11 is 8.66. The minimum absolute atomic E-state index is 0.127. The van der Waals surface area contributed by atoms with Crippen molar-refractivity contribution in [2.24, 2.45) is 0 Å². The minimum Gasteiger partial charge on any atom is -0.316 e. The first-order valence-electron chi connectivity index (χ1n) is 9.24. The molecule has 0 unspecified atom stereocenters. The van der Waals surface area contributed by atoms with Gasteiger partial charge in [0.05, 0.1) is 11.3 Å². The van der Waals surface area contributed by atoms with Gasteiger partial charge in [-0.25, -0.2) is 0 Å². The van der Waals surface area contributed by atoms with Crippen molar-refractivity contribution in [2.45, 2.75) is 12.1 Å². The normalized spacial score (nSPS) is 10.6. The van der Waals surface area contributed by atoms with Crippen molar-refractivity contribution >= 4 is 45.6 Å². The lowest BCUT2D eigenvalue weighted by Crippen LogP contribution is -2.14. The predicted molar refractivity (Wildman–Crippen MR) is 125 cm³/mol. The number of halogens is 1. The third-order valence-electron chi connectivity index (χ3n) is 4.37. The van der Waals surface area contributed by atoms with Crippen LogP contribution in [0.5, 0.6) is 0 Å². The van der Waals surface area contributed by atoms with Crippen LogP contribution in [0.3, 0.4) is 0 Å². The lowest BCUT2D eigenvalue weighted by molar-refractivity contribution is -0.113. The number of nitrogens with zero attached hydrogens (tertiary/aromatic N) is 4. The number of anilines is 1. The van der Waals surface area contributed by atoms with E-state index in [0.29, 0.717) is 26.6 Å². The summed E-state index contributed by atoms with van der Waals surface area (Å²) in [5.41, 5.74) is 3.34. The van der Waals surface area contributed by atoms with Gasteiger partial charge >= 0.3 is 0 Å². The number of nitrogens with one attached hydrogen (secondary N) is 1. The van der Waals surface area contributed by atoms with Crippen LogP contribution in [0.25, 0.3) is 17.1 Å². The van der Waals surface area contributed by atoms with Crippen molar-refractivity contribution in [3.05, 3.63) is 76.1 Å². The van der Waals surface area contributed by atoms with Crippen LogP contribution in [0, 0.1) is 18.3 Å². The molecule has 0 spiro atoms. The van der Waals surface area contributed by atoms with Gasteiger partial charge in [0.1, 0.15) is 11.1 Å². The third-order valence-corrected chi connectivity index (χ3v) is 6.38. The maximum atomic E-state index is 12.5. The average molecular weight is 466 g/mol. The Kier molecular flexibility index (Phi) is 6.37. The number of benzene rings is 2. The van der Waals surface area contributed by atoms with E-state index in [1.807, 2.05) is 47.9 Å². The molecule has 4 aromatic rings. The van der Waals surface area contributed by atoms with Crippen LogP contribution in [-0.4, -0.2) is 26.4 Å². The molecule has 0 aliphatic carbocycles. The zero-order valence-electron chi connectivity index (χ0n) is 16.4. The molecule has 0 bridgehead atoms. The molecule has 0 fully saturated rings. The van der Waals surface area contributed by atoms with Crippen LogP contribution in [0.1, 0.15) is 11.1 Å². The van der Waals surface area contributed by atoms with Crippen LogP contribution >= 0.6 is 34.7 Å². The molecule has 6 nitrogen and oxygen atoms in total. The number of amides is 1. The van der Waals surface area contributed by atoms with E-state index in [4.69, 9.17) is 16.9 Å². The maximum absolute atomic E-state index is 12.5. The van der Waals surface area contributed by atoms with Gasteiger partial charge in [-0.05, 0) is 48.7 Å². The van der Waals surface area contributed by atoms with Gasteiger partial charge in [0.2, 0.25) is 5.91 Å². The molecule has 0 aliphatic heterocycles. The molecule has 4 rings (SSSR count). The molecule has 2 heterocycles. The largest absolute Gasteiger partial charge is 0.316 e. The van der Waals surface area contributed by atoms with E-state index in [-0.39, 0.29) is 11.7 Å². The highest BCUT2D eigenvalue weighted by molar-refractivity contribution is 7.99. The van der Waals surface area contributed by atoms with E-state index < -0.39 is 0 Å². The van der Waals surface area contributed by atoms with Crippen molar-refractivity contribution in [1.29, 1.82) is 5.26 Å². The number of carbonyl (C=O) groups is 1. The molecular formula is C22H16ClN5OS2. The van der Waals surface area contributed by atoms with Crippen LogP contribution in [0.2, 0.25) is 5.02 Å². The van der Waals surface area contributed by atoms with E-state index in [0.717, 1.165) is 16.8 Å². The highest BCUT2D eigenvalue weighted by Gasteiger charge is 2.18. The van der Waals surface area contributed by atoms with Crippen LogP contribution in [0.4, 0.5) is 5.00 Å². The summed E-state index contributed by atoms with van der Waals surface area (Å²) in [5.74, 6) is 0.591. The number of hydrogen-bond acceptors (Lipinski definition) is 6. The number of thiophene rings is 1. The topological polar surface area (TPSA) is 83.6 Å². The molecule has 0 radical (unpaired) electrons. The first kappa shape index (κ1) is 21.1. The highest BCUT2D eigenvalue weighted by atomic mass is 35.5. The number of thioether (sulfide) groups is 1. The molecule has 0 aliphatic rings. The molecule has 1 N–H and O–H groups in total. The zero-order valence-corrected chi connectivity index (χ0v) is 18.8. The summed E-state index contributed by atoms with van der Waals surface area (Å²) < 4.78 is 1.91. The lowest BCUT2D eigenvalue weighted by Gasteiger charge is -2.11. The number of aryl methyl sites for hydroxylation is 1. The lowest BCUT2D eigenvalue weighted by atomic mass is 10.1. The van der Waals surface area contributed by atoms with Crippen LogP contribution in [0.15, 0.2) is 65.1 Å². The summed E-state index contributed by atoms with van der Waals surface area (Å²) in [6, 6.07) is 19.1. The van der Waals surface area contributed by atoms with Crippen molar-refractivity contribution in [3.63, 3.8) is 0 Å². The molecule has 0 atom stereocenters. The predicted octanol–water partition coefficient (Wildman–Crippen LogP) is 5.56. The Morgan fingerprint density at radius 3 is 2.77 bits per heavy atom. The zero-order chi connectivity index (χ0) is 21.8. The second-order valence-electron chi connectivity index (χ2n) is 6.60. The van der Waals surface area contributed by atoms with Gasteiger partial charge in [0.25, 0.3) is 0 Å². The van der Waals surface area contributed by atoms with E-state index in [9.17, 15) is 4.79 Å². The summed E-state index contributed by atoms with van der Waals surface area (Å²) in [7, 11) is 0. The Morgan fingerprint density at radius 1 is 1.23 bits per heavy atom. The number of nitriles is 1. The Morgan fingerprint density at radius 2 is 2.03 bits per heavy atom. The fourth-order valence-corrected chi connectivity index (χ4v) is 4.58. The van der Waals surface area contributed by atoms with E-state index in [2.05, 4.69) is 21.6 Å². The SMILES string of the molecule is Cc1cccc(-c2nnc(SCC(=O)Nc3sccc3C#N)n2-c2ccc(Cl)cc2)c1. The van der Waals surface area contributed by atoms with E-state index in [1.165, 1.54) is 23.1 Å². The fraction of sp³-hybridized carbons (Fsp3) is 0.0909. The van der Waals surface area contributed by atoms with Gasteiger partial charge in [0, 0.05) is 16.3 Å². The summed E-state index contributed by atoms with van der Waals surface area (Å²) in [5, 5.41) is 24.2. The van der Waals surface area contributed by atoms with Gasteiger partial charge in [-0.1, -0.05) is 47.1 Å². The third kappa shape index (κ3) is 4.80. The molecule has 31 heavy (non-hydrogen) atoms. The van der Waals surface area contributed by atoms with Gasteiger partial charge < -0.3 is 5.32 Å². The quantitative estimate of drug-likeness (QED) is 0.377. The van der Waals surface area contributed by atoms with Crippen molar-refractivity contribution < 1.29 is 4.79 Å². The van der Waals surface area contributed by atoms with E-state index >= 15 is 0 Å². The summed E-state index contributed by atoms with van der Waals surface area (Å²) in [6.45, 7) is 2.02. The first-order valence-corrected chi connectivity index (χ1v) is 11.5. The smallest absolute Gasteiger partial charge is 0.235 e. The van der Waals surface area contributed by atoms with Crippen molar-refractivity contribution in [2.75, 3.05) is 11.1 Å². The molecule has 2 aromatic carbocycles. The van der Waals surface area contributed by atoms with Gasteiger partial charge in [-0.3, -0.25) is 9.36 Å². The first-order chi connectivity index (χ1) is 15.0. The number of rotatable bonds is 6. The van der Waals surface area contributed by atoms with Crippen LogP contribution in [-0.2, 0) is 4.79 Å². The van der Waals surface area contributed by atoms with Crippen molar-refractivity contribution in [3.8, 4) is 23.1 Å². The number of aromatic nitrogens is 3. The second kappa shape index (κ2) is 9.35. The van der Waals surface area contributed by atoms with Gasteiger partial charge in [-0.15, -0.1) is 21.5 Å².